The molecule has 190 valence electrons. The van der Waals surface area contributed by atoms with Crippen LogP contribution in [0.1, 0.15) is 43.9 Å². The van der Waals surface area contributed by atoms with Crippen LogP contribution in [0, 0.1) is 6.92 Å². The van der Waals surface area contributed by atoms with Gasteiger partial charge in [0.25, 0.3) is 0 Å². The number of rotatable bonds is 10. The third-order valence-corrected chi connectivity index (χ3v) is 5.45. The summed E-state index contributed by atoms with van der Waals surface area (Å²) >= 11 is 0. The summed E-state index contributed by atoms with van der Waals surface area (Å²) in [5.41, 5.74) is 4.22. The van der Waals surface area contributed by atoms with Crippen LogP contribution in [0.4, 0.5) is 0 Å². The van der Waals surface area contributed by atoms with E-state index in [2.05, 4.69) is 25.8 Å². The second-order valence-electron chi connectivity index (χ2n) is 7.99. The van der Waals surface area contributed by atoms with E-state index in [1.54, 1.807) is 34.1 Å². The van der Waals surface area contributed by atoms with E-state index in [0.717, 1.165) is 22.4 Å². The summed E-state index contributed by atoms with van der Waals surface area (Å²) < 4.78 is 13.5. The summed E-state index contributed by atoms with van der Waals surface area (Å²) in [6.45, 7) is 7.99. The van der Waals surface area contributed by atoms with E-state index in [1.165, 1.54) is 9.36 Å². The molecular weight excluding hydrogens is 462 g/mol. The number of hydrogen-bond acceptors (Lipinski definition) is 9. The van der Waals surface area contributed by atoms with Gasteiger partial charge in [-0.25, -0.2) is 4.79 Å². The van der Waals surface area contributed by atoms with Crippen molar-refractivity contribution in [2.75, 3.05) is 7.11 Å². The van der Waals surface area contributed by atoms with Gasteiger partial charge >= 0.3 is 5.69 Å². The minimum absolute atomic E-state index is 0.199. The molecule has 0 fully saturated rings. The third kappa shape index (κ3) is 6.65. The Morgan fingerprint density at radius 1 is 1.00 bits per heavy atom. The fourth-order valence-corrected chi connectivity index (χ4v) is 3.09. The molecule has 11 nitrogen and oxygen atoms in total. The van der Waals surface area contributed by atoms with Crippen molar-refractivity contribution in [1.29, 1.82) is 0 Å². The van der Waals surface area contributed by atoms with Crippen molar-refractivity contribution in [2.24, 2.45) is 22.4 Å². The van der Waals surface area contributed by atoms with Crippen molar-refractivity contribution in [3.05, 3.63) is 69.6 Å². The van der Waals surface area contributed by atoms with Gasteiger partial charge < -0.3 is 14.3 Å². The molecular formula is C25H31N7O4. The van der Waals surface area contributed by atoms with Gasteiger partial charge in [-0.2, -0.15) is 14.5 Å². The highest BCUT2D eigenvalue weighted by atomic mass is 16.6. The number of aromatic nitrogens is 4. The summed E-state index contributed by atoms with van der Waals surface area (Å²) in [7, 11) is 3.18. The largest absolute Gasteiger partial charge is 0.497 e. The fraction of sp³-hybridized carbons (Fsp3) is 0.360. The molecule has 0 bridgehead atoms. The highest BCUT2D eigenvalue weighted by molar-refractivity contribution is 6.40. The van der Waals surface area contributed by atoms with E-state index in [-0.39, 0.29) is 12.3 Å². The second-order valence-corrected chi connectivity index (χ2v) is 7.99. The van der Waals surface area contributed by atoms with Crippen LogP contribution >= 0.6 is 0 Å². The first-order valence-electron chi connectivity index (χ1n) is 11.5. The molecule has 0 atom stereocenters. The molecule has 3 rings (SSSR count). The molecule has 0 saturated carbocycles. The molecule has 0 saturated heterocycles. The zero-order valence-corrected chi connectivity index (χ0v) is 21.4. The first kappa shape index (κ1) is 26.3. The van der Waals surface area contributed by atoms with Gasteiger partial charge in [0.2, 0.25) is 5.90 Å². The summed E-state index contributed by atoms with van der Waals surface area (Å²) in [6.07, 6.45) is 0.535. The van der Waals surface area contributed by atoms with E-state index in [4.69, 9.17) is 14.3 Å². The summed E-state index contributed by atoms with van der Waals surface area (Å²) in [6, 6.07) is 13.2. The lowest BCUT2D eigenvalue weighted by molar-refractivity contribution is 0.131. The Bertz CT molecular complexity index is 1320. The van der Waals surface area contributed by atoms with Gasteiger partial charge in [0.05, 0.1) is 24.2 Å². The van der Waals surface area contributed by atoms with Crippen LogP contribution in [0.15, 0.2) is 62.6 Å². The van der Waals surface area contributed by atoms with Crippen molar-refractivity contribution in [3.8, 4) is 11.4 Å². The van der Waals surface area contributed by atoms with E-state index in [9.17, 15) is 4.79 Å². The number of benzene rings is 2. The number of ether oxygens (including phenoxy) is 2. The Balaban J connectivity index is 1.66. The Morgan fingerprint density at radius 2 is 1.75 bits per heavy atom. The van der Waals surface area contributed by atoms with Gasteiger partial charge in [0, 0.05) is 19.0 Å². The predicted molar refractivity (Wildman–Crippen MR) is 138 cm³/mol. The average Bonchev–Trinajstić information content (AvgIpc) is 3.22. The van der Waals surface area contributed by atoms with Crippen LogP contribution in [0.5, 0.6) is 5.75 Å². The highest BCUT2D eigenvalue weighted by Gasteiger charge is 2.14. The van der Waals surface area contributed by atoms with Crippen LogP contribution in [0.3, 0.4) is 0 Å². The lowest BCUT2D eigenvalue weighted by Crippen LogP contribution is -2.23. The molecule has 2 aromatic carbocycles. The van der Waals surface area contributed by atoms with Crippen molar-refractivity contribution in [2.45, 2.75) is 47.3 Å². The smallest absolute Gasteiger partial charge is 0.368 e. The number of methoxy groups -OCH3 is 1. The molecule has 0 aliphatic heterocycles. The van der Waals surface area contributed by atoms with E-state index < -0.39 is 0 Å². The van der Waals surface area contributed by atoms with Crippen LogP contribution in [0.2, 0.25) is 0 Å². The molecule has 1 heterocycles. The number of oxime groups is 1. The molecule has 0 unspecified atom stereocenters. The Morgan fingerprint density at radius 3 is 2.39 bits per heavy atom. The van der Waals surface area contributed by atoms with Gasteiger partial charge in [-0.3, -0.25) is 0 Å². The summed E-state index contributed by atoms with van der Waals surface area (Å²) in [5, 5.41) is 20.4. The van der Waals surface area contributed by atoms with E-state index in [1.807, 2.05) is 50.2 Å². The minimum atomic E-state index is -0.338. The average molecular weight is 494 g/mol. The normalized spacial score (nSPS) is 12.6. The topological polar surface area (TPSA) is 117 Å². The van der Waals surface area contributed by atoms with Crippen LogP contribution in [0.25, 0.3) is 5.69 Å². The van der Waals surface area contributed by atoms with E-state index in [0.29, 0.717) is 36.0 Å². The zero-order chi connectivity index (χ0) is 26.1. The SMILES string of the molecule is CCC(=N/N=C(C)\C(C)=N\OCc1ccc(OC)cc1)OCc1c(C)cccc1-n1nnn(C)c1=O. The Kier molecular flexibility index (Phi) is 9.09. The monoisotopic (exact) mass is 493 g/mol. The highest BCUT2D eigenvalue weighted by Crippen LogP contribution is 2.18. The molecule has 0 aliphatic carbocycles. The summed E-state index contributed by atoms with van der Waals surface area (Å²) in [4.78, 5) is 17.8. The minimum Gasteiger partial charge on any atom is -0.497 e. The molecule has 0 N–H and O–H groups in total. The molecule has 36 heavy (non-hydrogen) atoms. The number of aryl methyl sites for hydroxylation is 2. The van der Waals surface area contributed by atoms with Crippen LogP contribution in [-0.4, -0.2) is 44.2 Å². The lowest BCUT2D eigenvalue weighted by atomic mass is 10.1. The van der Waals surface area contributed by atoms with Crippen molar-refractivity contribution < 1.29 is 14.3 Å². The second kappa shape index (κ2) is 12.4. The fourth-order valence-electron chi connectivity index (χ4n) is 3.09. The Labute approximate surface area is 209 Å². The van der Waals surface area contributed by atoms with Gasteiger partial charge in [0.1, 0.15) is 19.0 Å². The lowest BCUT2D eigenvalue weighted by Gasteiger charge is -2.13. The molecule has 0 amide bonds. The molecule has 0 spiro atoms. The van der Waals surface area contributed by atoms with Crippen molar-refractivity contribution in [3.63, 3.8) is 0 Å². The molecule has 11 heteroatoms. The number of hydrogen-bond donors (Lipinski definition) is 0. The van der Waals surface area contributed by atoms with Gasteiger partial charge in [-0.1, -0.05) is 36.3 Å². The first-order chi connectivity index (χ1) is 17.3. The van der Waals surface area contributed by atoms with Crippen molar-refractivity contribution >= 4 is 17.3 Å². The maximum atomic E-state index is 12.3. The molecule has 0 radical (unpaired) electrons. The predicted octanol–water partition coefficient (Wildman–Crippen LogP) is 3.58. The van der Waals surface area contributed by atoms with Crippen molar-refractivity contribution in [1.82, 2.24) is 19.8 Å². The van der Waals surface area contributed by atoms with Crippen LogP contribution < -0.4 is 10.4 Å². The molecule has 1 aromatic heterocycles. The standard InChI is InChI=1S/C25H31N7O4/c1-7-24(27-26-18(3)19(4)28-36-15-20-11-13-21(34-6)14-12-20)35-16-22-17(2)9-8-10-23(22)32-25(33)31(5)29-30-32/h8-14H,7,15-16H2,1-6H3/b26-18-,27-24?,28-19+. The molecule has 3 aromatic rings. The van der Waals surface area contributed by atoms with Crippen LogP contribution in [-0.2, 0) is 29.8 Å². The third-order valence-electron chi connectivity index (χ3n) is 5.45. The first-order valence-corrected chi connectivity index (χ1v) is 11.5. The number of tetrazole rings is 1. The number of nitrogens with zero attached hydrogens (tertiary/aromatic N) is 7. The van der Waals surface area contributed by atoms with Gasteiger partial charge in [0.15, 0.2) is 0 Å². The maximum absolute atomic E-state index is 12.3. The molecule has 0 aliphatic rings. The maximum Gasteiger partial charge on any atom is 0.368 e. The van der Waals surface area contributed by atoms with E-state index >= 15 is 0 Å². The quantitative estimate of drug-likeness (QED) is 0.242. The van der Waals surface area contributed by atoms with Gasteiger partial charge in [-0.05, 0) is 60.5 Å². The summed E-state index contributed by atoms with van der Waals surface area (Å²) in [5.74, 6) is 1.23. The van der Waals surface area contributed by atoms with Gasteiger partial charge in [-0.15, -0.1) is 5.10 Å². The zero-order valence-electron chi connectivity index (χ0n) is 21.4. The Hall–Kier alpha value is -4.28.